The second-order valence-corrected chi connectivity index (χ2v) is 6.44. The Bertz CT molecular complexity index is 444. The van der Waals surface area contributed by atoms with Crippen LogP contribution in [-0.4, -0.2) is 63.7 Å². The Morgan fingerprint density at radius 2 is 1.95 bits per heavy atom. The van der Waals surface area contributed by atoms with E-state index < -0.39 is 0 Å². The normalized spacial score (nSPS) is 14.8. The number of rotatable bonds is 7. The zero-order valence-electron chi connectivity index (χ0n) is 13.8. The Morgan fingerprint density at radius 3 is 2.71 bits per heavy atom. The smallest absolute Gasteiger partial charge is 0.0419 e. The molecular formula is C17H30N4. The number of hydrogen-bond acceptors (Lipinski definition) is 4. The van der Waals surface area contributed by atoms with E-state index in [1.807, 2.05) is 6.07 Å². The minimum atomic E-state index is 0.875. The van der Waals surface area contributed by atoms with Gasteiger partial charge >= 0.3 is 0 Å². The van der Waals surface area contributed by atoms with Crippen LogP contribution in [0.1, 0.15) is 18.4 Å². The number of benzene rings is 1. The maximum atomic E-state index is 5.95. The minimum Gasteiger partial charge on any atom is -0.399 e. The summed E-state index contributed by atoms with van der Waals surface area (Å²) in [6, 6.07) is 6.36. The van der Waals surface area contributed by atoms with E-state index in [1.54, 1.807) is 0 Å². The predicted octanol–water partition coefficient (Wildman–Crippen LogP) is 1.90. The van der Waals surface area contributed by atoms with Crippen LogP contribution in [0.25, 0.3) is 0 Å². The molecule has 0 fully saturated rings. The molecule has 0 spiro atoms. The summed E-state index contributed by atoms with van der Waals surface area (Å²) in [5, 5.41) is 0. The lowest BCUT2D eigenvalue weighted by molar-refractivity contribution is 0.304. The summed E-state index contributed by atoms with van der Waals surface area (Å²) >= 11 is 0. The summed E-state index contributed by atoms with van der Waals surface area (Å²) in [4.78, 5) is 7.18. The summed E-state index contributed by atoms with van der Waals surface area (Å²) < 4.78 is 0. The SMILES string of the molecule is CN(C)CCCN(C)CCN1CCCc2ccc(N)cc21. The summed E-state index contributed by atoms with van der Waals surface area (Å²) in [5.74, 6) is 0. The summed E-state index contributed by atoms with van der Waals surface area (Å²) in [6.45, 7) is 5.68. The zero-order valence-corrected chi connectivity index (χ0v) is 13.8. The molecule has 1 aromatic rings. The Balaban J connectivity index is 1.83. The Hall–Kier alpha value is -1.26. The summed E-state index contributed by atoms with van der Waals surface area (Å²) in [6.07, 6.45) is 3.67. The highest BCUT2D eigenvalue weighted by atomic mass is 15.2. The Labute approximate surface area is 129 Å². The third-order valence-corrected chi connectivity index (χ3v) is 4.22. The third-order valence-electron chi connectivity index (χ3n) is 4.22. The van der Waals surface area contributed by atoms with Crippen molar-refractivity contribution in [2.75, 3.05) is 64.5 Å². The van der Waals surface area contributed by atoms with Gasteiger partial charge in [0.25, 0.3) is 0 Å². The average molecular weight is 290 g/mol. The molecule has 2 N–H and O–H groups in total. The van der Waals surface area contributed by atoms with E-state index in [-0.39, 0.29) is 0 Å². The molecule has 0 amide bonds. The number of nitrogens with two attached hydrogens (primary N) is 1. The molecule has 4 nitrogen and oxygen atoms in total. The summed E-state index contributed by atoms with van der Waals surface area (Å²) in [5.41, 5.74) is 9.63. The predicted molar refractivity (Wildman–Crippen MR) is 92.1 cm³/mol. The van der Waals surface area contributed by atoms with E-state index >= 15 is 0 Å². The number of likely N-dealkylation sites (N-methyl/N-ethyl adjacent to an activating group) is 1. The van der Waals surface area contributed by atoms with Crippen LogP contribution < -0.4 is 10.6 Å². The van der Waals surface area contributed by atoms with Crippen molar-refractivity contribution < 1.29 is 0 Å². The van der Waals surface area contributed by atoms with E-state index in [1.165, 1.54) is 30.5 Å². The molecule has 0 saturated heterocycles. The third kappa shape index (κ3) is 4.90. The Kier molecular flexibility index (Phi) is 5.88. The molecule has 0 saturated carbocycles. The van der Waals surface area contributed by atoms with Gasteiger partial charge in [-0.3, -0.25) is 0 Å². The van der Waals surface area contributed by atoms with Crippen molar-refractivity contribution in [2.45, 2.75) is 19.3 Å². The quantitative estimate of drug-likeness (QED) is 0.778. The molecule has 0 atom stereocenters. The largest absolute Gasteiger partial charge is 0.399 e. The fourth-order valence-electron chi connectivity index (χ4n) is 2.96. The van der Waals surface area contributed by atoms with Crippen molar-refractivity contribution in [1.29, 1.82) is 0 Å². The number of anilines is 2. The van der Waals surface area contributed by atoms with Crippen molar-refractivity contribution in [2.24, 2.45) is 0 Å². The number of nitrogens with zero attached hydrogens (tertiary/aromatic N) is 3. The van der Waals surface area contributed by atoms with E-state index in [0.29, 0.717) is 0 Å². The van der Waals surface area contributed by atoms with Crippen LogP contribution in [0.5, 0.6) is 0 Å². The van der Waals surface area contributed by atoms with Gasteiger partial charge in [-0.25, -0.2) is 0 Å². The Morgan fingerprint density at radius 1 is 1.14 bits per heavy atom. The van der Waals surface area contributed by atoms with Gasteiger partial charge in [-0.2, -0.15) is 0 Å². The number of fused-ring (bicyclic) bond motifs is 1. The highest BCUT2D eigenvalue weighted by Gasteiger charge is 2.17. The molecule has 21 heavy (non-hydrogen) atoms. The van der Waals surface area contributed by atoms with Crippen molar-refractivity contribution >= 4 is 11.4 Å². The maximum absolute atomic E-state index is 5.95. The topological polar surface area (TPSA) is 35.7 Å². The van der Waals surface area contributed by atoms with Gasteiger partial charge in [0.2, 0.25) is 0 Å². The summed E-state index contributed by atoms with van der Waals surface area (Å²) in [7, 11) is 6.49. The lowest BCUT2D eigenvalue weighted by atomic mass is 10.0. The van der Waals surface area contributed by atoms with Gasteiger partial charge in [-0.1, -0.05) is 6.07 Å². The second-order valence-electron chi connectivity index (χ2n) is 6.44. The first-order valence-electron chi connectivity index (χ1n) is 8.03. The van der Waals surface area contributed by atoms with Gasteiger partial charge in [0.05, 0.1) is 0 Å². The molecule has 0 aromatic heterocycles. The molecule has 0 radical (unpaired) electrons. The van der Waals surface area contributed by atoms with Gasteiger partial charge < -0.3 is 20.4 Å². The van der Waals surface area contributed by atoms with E-state index in [0.717, 1.165) is 38.4 Å². The van der Waals surface area contributed by atoms with Crippen molar-refractivity contribution in [1.82, 2.24) is 9.80 Å². The fourth-order valence-corrected chi connectivity index (χ4v) is 2.96. The van der Waals surface area contributed by atoms with E-state index in [2.05, 4.69) is 48.0 Å². The van der Waals surface area contributed by atoms with Gasteiger partial charge in [-0.05, 0) is 71.2 Å². The lowest BCUT2D eigenvalue weighted by Gasteiger charge is -2.33. The first kappa shape index (κ1) is 16.1. The minimum absolute atomic E-state index is 0.875. The molecule has 1 heterocycles. The van der Waals surface area contributed by atoms with Gasteiger partial charge in [0, 0.05) is 31.0 Å². The monoisotopic (exact) mass is 290 g/mol. The van der Waals surface area contributed by atoms with Crippen LogP contribution in [0.4, 0.5) is 11.4 Å². The molecule has 118 valence electrons. The second kappa shape index (κ2) is 7.66. The van der Waals surface area contributed by atoms with Crippen molar-refractivity contribution in [3.63, 3.8) is 0 Å². The average Bonchev–Trinajstić information content (AvgIpc) is 2.44. The van der Waals surface area contributed by atoms with Crippen LogP contribution in [0.2, 0.25) is 0 Å². The van der Waals surface area contributed by atoms with E-state index in [9.17, 15) is 0 Å². The fraction of sp³-hybridized carbons (Fsp3) is 0.647. The molecule has 1 aliphatic heterocycles. The first-order chi connectivity index (χ1) is 10.1. The first-order valence-corrected chi connectivity index (χ1v) is 8.03. The molecule has 0 unspecified atom stereocenters. The number of nitrogen functional groups attached to an aromatic ring is 1. The molecular weight excluding hydrogens is 260 g/mol. The maximum Gasteiger partial charge on any atom is 0.0419 e. The van der Waals surface area contributed by atoms with E-state index in [4.69, 9.17) is 5.73 Å². The van der Waals surface area contributed by atoms with Gasteiger partial charge in [0.15, 0.2) is 0 Å². The van der Waals surface area contributed by atoms with Crippen molar-refractivity contribution in [3.05, 3.63) is 23.8 Å². The molecule has 1 aliphatic rings. The van der Waals surface area contributed by atoms with Gasteiger partial charge in [-0.15, -0.1) is 0 Å². The highest BCUT2D eigenvalue weighted by molar-refractivity contribution is 5.62. The van der Waals surface area contributed by atoms with Crippen LogP contribution in [0, 0.1) is 0 Å². The van der Waals surface area contributed by atoms with Gasteiger partial charge in [0.1, 0.15) is 0 Å². The van der Waals surface area contributed by atoms with Crippen LogP contribution in [0.15, 0.2) is 18.2 Å². The number of aryl methyl sites for hydroxylation is 1. The lowest BCUT2D eigenvalue weighted by Crippen LogP contribution is -2.37. The molecule has 0 aliphatic carbocycles. The number of hydrogen-bond donors (Lipinski definition) is 1. The molecule has 0 bridgehead atoms. The van der Waals surface area contributed by atoms with Crippen LogP contribution in [0.3, 0.4) is 0 Å². The molecule has 2 rings (SSSR count). The van der Waals surface area contributed by atoms with Crippen LogP contribution >= 0.6 is 0 Å². The standard InChI is InChI=1S/C17H30N4/c1-19(2)9-5-10-20(3)12-13-21-11-4-6-15-7-8-16(18)14-17(15)21/h7-8,14H,4-6,9-13,18H2,1-3H3. The van der Waals surface area contributed by atoms with Crippen molar-refractivity contribution in [3.8, 4) is 0 Å². The highest BCUT2D eigenvalue weighted by Crippen LogP contribution is 2.28. The molecule has 4 heteroatoms. The zero-order chi connectivity index (χ0) is 15.2. The molecule has 1 aromatic carbocycles. The van der Waals surface area contributed by atoms with Crippen LogP contribution in [-0.2, 0) is 6.42 Å².